The standard InChI is InChI=1S/C10H13N5O4/c11-10-13-8-7(9(18)14-10)12-3-15(8)6-1-4(17)5(2-16)19-6/h3-6,16-17H,1-2H2,(H3,11,13,14,18)/t4-,5+,6+/m0/s1/i3+2. The number of rotatable bonds is 2. The highest BCUT2D eigenvalue weighted by molar-refractivity contribution is 5.70. The summed E-state index contributed by atoms with van der Waals surface area (Å²) in [5, 5.41) is 18.8. The Bertz CT molecular complexity index is 665. The highest BCUT2D eigenvalue weighted by atomic mass is 16.5. The van der Waals surface area contributed by atoms with Crippen molar-refractivity contribution in [1.29, 1.82) is 0 Å². The lowest BCUT2D eigenvalue weighted by atomic mass is 10.2. The summed E-state index contributed by atoms with van der Waals surface area (Å²) in [5.41, 5.74) is 5.50. The number of aromatic amines is 1. The third-order valence-corrected chi connectivity index (χ3v) is 3.15. The molecule has 0 aromatic carbocycles. The van der Waals surface area contributed by atoms with Crippen LogP contribution in [-0.4, -0.2) is 48.5 Å². The summed E-state index contributed by atoms with van der Waals surface area (Å²) in [6, 6.07) is 0. The van der Waals surface area contributed by atoms with Gasteiger partial charge in [-0.3, -0.25) is 14.3 Å². The molecule has 1 saturated heterocycles. The number of fused-ring (bicyclic) bond motifs is 1. The summed E-state index contributed by atoms with van der Waals surface area (Å²) in [5.74, 6) is -0.0171. The van der Waals surface area contributed by atoms with Crippen LogP contribution in [0.4, 0.5) is 5.95 Å². The second-order valence-electron chi connectivity index (χ2n) is 4.39. The van der Waals surface area contributed by atoms with E-state index < -0.39 is 24.0 Å². The average molecular weight is 269 g/mol. The van der Waals surface area contributed by atoms with Gasteiger partial charge in [0.1, 0.15) is 12.3 Å². The lowest BCUT2D eigenvalue weighted by Crippen LogP contribution is -2.24. The molecule has 0 saturated carbocycles. The maximum atomic E-state index is 11.6. The van der Waals surface area contributed by atoms with E-state index in [2.05, 4.69) is 15.0 Å². The molecular formula is C10H13N5O4. The Hall–Kier alpha value is -1.97. The number of aromatic nitrogens is 4. The fourth-order valence-corrected chi connectivity index (χ4v) is 2.20. The van der Waals surface area contributed by atoms with Gasteiger partial charge in [-0.1, -0.05) is 0 Å². The molecule has 9 heteroatoms. The van der Waals surface area contributed by atoms with Crippen molar-refractivity contribution in [3.8, 4) is 0 Å². The van der Waals surface area contributed by atoms with E-state index in [1.54, 1.807) is 0 Å². The van der Waals surface area contributed by atoms with Gasteiger partial charge in [0.15, 0.2) is 11.2 Å². The minimum Gasteiger partial charge on any atom is -0.394 e. The van der Waals surface area contributed by atoms with Crippen molar-refractivity contribution in [2.24, 2.45) is 0 Å². The molecule has 2 aromatic heterocycles. The Morgan fingerprint density at radius 2 is 2.42 bits per heavy atom. The number of hydrogen-bond acceptors (Lipinski definition) is 7. The number of ether oxygens (including phenoxy) is 1. The van der Waals surface area contributed by atoms with Gasteiger partial charge in [0.05, 0.1) is 19.0 Å². The molecule has 1 fully saturated rings. The molecule has 0 spiro atoms. The fraction of sp³-hybridized carbons (Fsp3) is 0.500. The number of nitrogen functional groups attached to an aromatic ring is 1. The minimum atomic E-state index is -0.771. The molecule has 2 aromatic rings. The second kappa shape index (κ2) is 4.30. The van der Waals surface area contributed by atoms with Crippen molar-refractivity contribution < 1.29 is 14.9 Å². The first kappa shape index (κ1) is 12.1. The largest absolute Gasteiger partial charge is 0.394 e. The average Bonchev–Trinajstić information content (AvgIpc) is 2.92. The molecule has 3 rings (SSSR count). The predicted octanol–water partition coefficient (Wildman–Crippen LogP) is -1.66. The molecule has 5 N–H and O–H groups in total. The van der Waals surface area contributed by atoms with E-state index in [-0.39, 0.29) is 30.1 Å². The first-order valence-corrected chi connectivity index (χ1v) is 5.77. The number of hydrogen-bond donors (Lipinski definition) is 4. The number of imidazole rings is 1. The highest BCUT2D eigenvalue weighted by Gasteiger charge is 2.35. The van der Waals surface area contributed by atoms with Crippen LogP contribution >= 0.6 is 0 Å². The maximum Gasteiger partial charge on any atom is 0.280 e. The fourth-order valence-electron chi connectivity index (χ4n) is 2.20. The predicted molar refractivity (Wildman–Crippen MR) is 64.2 cm³/mol. The van der Waals surface area contributed by atoms with E-state index in [9.17, 15) is 9.90 Å². The SMILES string of the molecule is Nc1nc2c(n[14cH]n2[C@H]2C[C@H](O)[C@@H](CO)O2)c(=O)[nH]1. The molecule has 1 aliphatic rings. The van der Waals surface area contributed by atoms with Crippen LogP contribution in [-0.2, 0) is 4.74 Å². The molecule has 3 atom stereocenters. The van der Waals surface area contributed by atoms with Gasteiger partial charge in [0, 0.05) is 6.42 Å². The molecule has 0 bridgehead atoms. The zero-order chi connectivity index (χ0) is 13.6. The number of nitrogens with one attached hydrogen (secondary N) is 1. The molecule has 3 heterocycles. The summed E-state index contributed by atoms with van der Waals surface area (Å²) in [4.78, 5) is 22.0. The van der Waals surface area contributed by atoms with Crippen molar-refractivity contribution in [3.63, 3.8) is 0 Å². The van der Waals surface area contributed by atoms with Crippen LogP contribution in [0.15, 0.2) is 11.1 Å². The smallest absolute Gasteiger partial charge is 0.280 e. The first-order valence-electron chi connectivity index (χ1n) is 5.77. The number of nitrogens with zero attached hydrogens (tertiary/aromatic N) is 3. The van der Waals surface area contributed by atoms with Crippen LogP contribution in [0.1, 0.15) is 12.6 Å². The van der Waals surface area contributed by atoms with Gasteiger partial charge >= 0.3 is 0 Å². The summed E-state index contributed by atoms with van der Waals surface area (Å²) < 4.78 is 7.01. The van der Waals surface area contributed by atoms with E-state index >= 15 is 0 Å². The molecule has 0 amide bonds. The molecule has 0 unspecified atom stereocenters. The Balaban J connectivity index is 2.05. The summed E-state index contributed by atoms with van der Waals surface area (Å²) in [6.45, 7) is -0.277. The first-order chi connectivity index (χ1) is 9.10. The van der Waals surface area contributed by atoms with Crippen molar-refractivity contribution >= 4 is 17.1 Å². The molecule has 1 aliphatic heterocycles. The monoisotopic (exact) mass is 269 g/mol. The molecule has 9 nitrogen and oxygen atoms in total. The van der Waals surface area contributed by atoms with Crippen molar-refractivity contribution in [1.82, 2.24) is 19.5 Å². The van der Waals surface area contributed by atoms with Crippen LogP contribution in [0.3, 0.4) is 0 Å². The lowest BCUT2D eigenvalue weighted by molar-refractivity contribution is -0.0432. The molecule has 102 valence electrons. The van der Waals surface area contributed by atoms with Gasteiger partial charge in [0.25, 0.3) is 5.56 Å². The number of aliphatic hydroxyl groups excluding tert-OH is 2. The van der Waals surface area contributed by atoms with E-state index in [1.807, 2.05) is 0 Å². The lowest BCUT2D eigenvalue weighted by Gasteiger charge is -2.13. The summed E-state index contributed by atoms with van der Waals surface area (Å²) >= 11 is 0. The maximum absolute atomic E-state index is 11.6. The number of H-pyrrole nitrogens is 1. The molecule has 0 radical (unpaired) electrons. The van der Waals surface area contributed by atoms with Gasteiger partial charge in [-0.05, 0) is 0 Å². The van der Waals surface area contributed by atoms with E-state index in [4.69, 9.17) is 15.6 Å². The van der Waals surface area contributed by atoms with Crippen LogP contribution < -0.4 is 11.3 Å². The van der Waals surface area contributed by atoms with Gasteiger partial charge in [-0.2, -0.15) is 4.98 Å². The zero-order valence-electron chi connectivity index (χ0n) is 9.85. The van der Waals surface area contributed by atoms with Crippen LogP contribution in [0.25, 0.3) is 11.2 Å². The van der Waals surface area contributed by atoms with Gasteiger partial charge in [-0.15, -0.1) is 0 Å². The third-order valence-electron chi connectivity index (χ3n) is 3.15. The number of nitrogens with two attached hydrogens (primary N) is 1. The number of anilines is 1. The van der Waals surface area contributed by atoms with Crippen LogP contribution in [0, 0.1) is 0 Å². The van der Waals surface area contributed by atoms with E-state index in [0.717, 1.165) is 0 Å². The van der Waals surface area contributed by atoms with Gasteiger partial charge in [-0.25, -0.2) is 4.98 Å². The normalized spacial score (nSPS) is 27.2. The number of aliphatic hydroxyl groups is 2. The van der Waals surface area contributed by atoms with Crippen molar-refractivity contribution in [2.45, 2.75) is 24.9 Å². The van der Waals surface area contributed by atoms with Crippen LogP contribution in [0.2, 0.25) is 0 Å². The van der Waals surface area contributed by atoms with Crippen molar-refractivity contribution in [3.05, 3.63) is 16.7 Å². The Morgan fingerprint density at radius 3 is 3.11 bits per heavy atom. The van der Waals surface area contributed by atoms with Gasteiger partial charge < -0.3 is 20.7 Å². The Kier molecular flexibility index (Phi) is 2.73. The van der Waals surface area contributed by atoms with Crippen LogP contribution in [0.5, 0.6) is 0 Å². The minimum absolute atomic E-state index is 0.0171. The Labute approximate surface area is 106 Å². The van der Waals surface area contributed by atoms with E-state index in [0.29, 0.717) is 0 Å². The zero-order valence-corrected chi connectivity index (χ0v) is 9.85. The third kappa shape index (κ3) is 1.87. The Morgan fingerprint density at radius 1 is 1.63 bits per heavy atom. The molecular weight excluding hydrogens is 256 g/mol. The molecule has 19 heavy (non-hydrogen) atoms. The second-order valence-corrected chi connectivity index (χ2v) is 4.39. The summed E-state index contributed by atoms with van der Waals surface area (Å²) in [7, 11) is 0. The van der Waals surface area contributed by atoms with Crippen molar-refractivity contribution in [2.75, 3.05) is 12.3 Å². The van der Waals surface area contributed by atoms with Gasteiger partial charge in [0.2, 0.25) is 5.95 Å². The topological polar surface area (TPSA) is 139 Å². The highest BCUT2D eigenvalue weighted by Crippen LogP contribution is 2.30. The summed E-state index contributed by atoms with van der Waals surface area (Å²) in [6.07, 6.45) is -0.270. The quantitative estimate of drug-likeness (QED) is 0.511. The van der Waals surface area contributed by atoms with E-state index in [1.165, 1.54) is 10.9 Å². The molecule has 0 aliphatic carbocycles.